The smallest absolute Gasteiger partial charge is 0.228 e. The average molecular weight is 289 g/mol. The molecule has 5 heteroatoms. The van der Waals surface area contributed by atoms with E-state index in [1.165, 1.54) is 6.42 Å². The third-order valence-electron chi connectivity index (χ3n) is 4.81. The Morgan fingerprint density at radius 2 is 2.10 bits per heavy atom. The molecule has 2 atom stereocenters. The van der Waals surface area contributed by atoms with Gasteiger partial charge in [-0.1, -0.05) is 0 Å². The van der Waals surface area contributed by atoms with Gasteiger partial charge in [-0.3, -0.25) is 4.79 Å². The molecule has 1 aliphatic carbocycles. The van der Waals surface area contributed by atoms with Gasteiger partial charge in [0.2, 0.25) is 11.8 Å². The van der Waals surface area contributed by atoms with E-state index in [1.54, 1.807) is 19.4 Å². The van der Waals surface area contributed by atoms with Crippen LogP contribution in [0.5, 0.6) is 5.88 Å². The highest BCUT2D eigenvalue weighted by Crippen LogP contribution is 2.46. The monoisotopic (exact) mass is 289 g/mol. The maximum absolute atomic E-state index is 12.5. The van der Waals surface area contributed by atoms with E-state index in [2.05, 4.69) is 29.0 Å². The van der Waals surface area contributed by atoms with Gasteiger partial charge in [-0.05, 0) is 38.2 Å². The number of pyridine rings is 1. The minimum atomic E-state index is 0.145. The quantitative estimate of drug-likeness (QED) is 0.921. The lowest BCUT2D eigenvalue weighted by atomic mass is 9.61. The number of likely N-dealkylation sites (tertiary alicyclic amines) is 1. The van der Waals surface area contributed by atoms with Gasteiger partial charge in [0, 0.05) is 31.1 Å². The van der Waals surface area contributed by atoms with Crippen LogP contribution in [0.25, 0.3) is 0 Å². The summed E-state index contributed by atoms with van der Waals surface area (Å²) >= 11 is 0. The number of hydrogen-bond acceptors (Lipinski definition) is 4. The molecule has 0 radical (unpaired) electrons. The number of amides is 1. The van der Waals surface area contributed by atoms with Crippen molar-refractivity contribution in [1.82, 2.24) is 9.88 Å². The van der Waals surface area contributed by atoms with Crippen molar-refractivity contribution >= 4 is 11.6 Å². The Bertz CT molecular complexity index is 503. The SMILES string of the molecule is COc1ccc(NC(=O)C2C3CC2CN(C(C)C)C3)cn1. The zero-order valence-corrected chi connectivity index (χ0v) is 12.9. The highest BCUT2D eigenvalue weighted by Gasteiger charge is 2.50. The number of aromatic nitrogens is 1. The van der Waals surface area contributed by atoms with Gasteiger partial charge >= 0.3 is 0 Å². The summed E-state index contributed by atoms with van der Waals surface area (Å²) in [5.74, 6) is 1.89. The van der Waals surface area contributed by atoms with Gasteiger partial charge in [-0.25, -0.2) is 4.98 Å². The van der Waals surface area contributed by atoms with E-state index in [1.807, 2.05) is 6.07 Å². The fourth-order valence-electron chi connectivity index (χ4n) is 3.57. The highest BCUT2D eigenvalue weighted by atomic mass is 16.5. The lowest BCUT2D eigenvalue weighted by molar-refractivity contribution is -0.137. The summed E-state index contributed by atoms with van der Waals surface area (Å²) in [6.07, 6.45) is 2.84. The molecule has 1 saturated heterocycles. The molecule has 1 N–H and O–H groups in total. The molecule has 1 saturated carbocycles. The van der Waals surface area contributed by atoms with Crippen LogP contribution in [-0.4, -0.2) is 42.0 Å². The van der Waals surface area contributed by atoms with E-state index >= 15 is 0 Å². The van der Waals surface area contributed by atoms with Crippen molar-refractivity contribution in [3.05, 3.63) is 18.3 Å². The third kappa shape index (κ3) is 2.75. The first-order valence-electron chi connectivity index (χ1n) is 7.63. The summed E-state index contributed by atoms with van der Waals surface area (Å²) in [5.41, 5.74) is 0.742. The molecule has 2 unspecified atom stereocenters. The van der Waals surface area contributed by atoms with Crippen LogP contribution in [0.2, 0.25) is 0 Å². The molecular formula is C16H23N3O2. The molecule has 1 aromatic heterocycles. The fraction of sp³-hybridized carbons (Fsp3) is 0.625. The van der Waals surface area contributed by atoms with Crippen LogP contribution in [-0.2, 0) is 4.79 Å². The number of nitrogens with one attached hydrogen (secondary N) is 1. The van der Waals surface area contributed by atoms with Crippen LogP contribution < -0.4 is 10.1 Å². The summed E-state index contributed by atoms with van der Waals surface area (Å²) in [7, 11) is 1.58. The van der Waals surface area contributed by atoms with Crippen LogP contribution in [0, 0.1) is 17.8 Å². The maximum atomic E-state index is 12.5. The van der Waals surface area contributed by atoms with Gasteiger partial charge in [0.25, 0.3) is 0 Å². The first-order chi connectivity index (χ1) is 10.1. The number of carbonyl (C=O) groups is 1. The topological polar surface area (TPSA) is 54.5 Å². The molecule has 21 heavy (non-hydrogen) atoms. The van der Waals surface area contributed by atoms with Crippen LogP contribution in [0.1, 0.15) is 20.3 Å². The normalized spacial score (nSPS) is 28.1. The second-order valence-electron chi connectivity index (χ2n) is 6.41. The molecule has 2 aliphatic rings. The fourth-order valence-corrected chi connectivity index (χ4v) is 3.57. The number of anilines is 1. The summed E-state index contributed by atoms with van der Waals surface area (Å²) in [6, 6.07) is 4.17. The molecule has 114 valence electrons. The van der Waals surface area contributed by atoms with Gasteiger partial charge in [-0.15, -0.1) is 0 Å². The van der Waals surface area contributed by atoms with Crippen molar-refractivity contribution in [3.63, 3.8) is 0 Å². The molecule has 1 aromatic rings. The first-order valence-corrected chi connectivity index (χ1v) is 7.63. The van der Waals surface area contributed by atoms with Crippen molar-refractivity contribution in [2.45, 2.75) is 26.3 Å². The van der Waals surface area contributed by atoms with Crippen LogP contribution in [0.15, 0.2) is 18.3 Å². The second-order valence-corrected chi connectivity index (χ2v) is 6.41. The van der Waals surface area contributed by atoms with E-state index < -0.39 is 0 Å². The Morgan fingerprint density at radius 3 is 2.62 bits per heavy atom. The average Bonchev–Trinajstić information content (AvgIpc) is 2.48. The number of methoxy groups -OCH3 is 1. The largest absolute Gasteiger partial charge is 0.481 e. The predicted molar refractivity (Wildman–Crippen MR) is 81.2 cm³/mol. The van der Waals surface area contributed by atoms with E-state index in [9.17, 15) is 4.79 Å². The van der Waals surface area contributed by atoms with Crippen LogP contribution >= 0.6 is 0 Å². The molecule has 5 nitrogen and oxygen atoms in total. The van der Waals surface area contributed by atoms with Crippen LogP contribution in [0.3, 0.4) is 0 Å². The summed E-state index contributed by atoms with van der Waals surface area (Å²) in [5, 5.41) is 2.99. The summed E-state index contributed by atoms with van der Waals surface area (Å²) in [6.45, 7) is 6.55. The molecule has 2 fully saturated rings. The van der Waals surface area contributed by atoms with Crippen molar-refractivity contribution in [1.29, 1.82) is 0 Å². The van der Waals surface area contributed by atoms with Crippen LogP contribution in [0.4, 0.5) is 5.69 Å². The van der Waals surface area contributed by atoms with Crippen molar-refractivity contribution in [2.24, 2.45) is 17.8 Å². The van der Waals surface area contributed by atoms with E-state index in [4.69, 9.17) is 4.74 Å². The number of fused-ring (bicyclic) bond motifs is 2. The zero-order chi connectivity index (χ0) is 15.0. The molecule has 2 bridgehead atoms. The highest BCUT2D eigenvalue weighted by molar-refractivity contribution is 5.93. The minimum absolute atomic E-state index is 0.145. The van der Waals surface area contributed by atoms with Gasteiger partial charge in [0.1, 0.15) is 0 Å². The Morgan fingerprint density at radius 1 is 1.38 bits per heavy atom. The number of hydrogen-bond donors (Lipinski definition) is 1. The molecule has 1 amide bonds. The lowest BCUT2D eigenvalue weighted by Gasteiger charge is -2.53. The van der Waals surface area contributed by atoms with E-state index in [0.717, 1.165) is 18.8 Å². The standard InChI is InChI=1S/C16H23N3O2/c1-10(2)19-8-11-6-12(9-19)15(11)16(20)18-13-4-5-14(21-3)17-7-13/h4-5,7,10-12,15H,6,8-9H2,1-3H3,(H,18,20). The maximum Gasteiger partial charge on any atom is 0.228 e. The Kier molecular flexibility index (Phi) is 3.85. The van der Waals surface area contributed by atoms with Gasteiger partial charge in [0.05, 0.1) is 19.0 Å². The van der Waals surface area contributed by atoms with Gasteiger partial charge < -0.3 is 15.0 Å². The Hall–Kier alpha value is -1.62. The minimum Gasteiger partial charge on any atom is -0.481 e. The summed E-state index contributed by atoms with van der Waals surface area (Å²) < 4.78 is 5.02. The zero-order valence-electron chi connectivity index (χ0n) is 12.9. The summed E-state index contributed by atoms with van der Waals surface area (Å²) in [4.78, 5) is 19.1. The molecular weight excluding hydrogens is 266 g/mol. The van der Waals surface area contributed by atoms with E-state index in [-0.39, 0.29) is 11.8 Å². The number of rotatable bonds is 4. The molecule has 2 heterocycles. The number of nitrogens with zero attached hydrogens (tertiary/aromatic N) is 2. The molecule has 0 aromatic carbocycles. The Labute approximate surface area is 125 Å². The van der Waals surface area contributed by atoms with Crippen molar-refractivity contribution < 1.29 is 9.53 Å². The molecule has 1 aliphatic heterocycles. The van der Waals surface area contributed by atoms with Crippen molar-refractivity contribution in [3.8, 4) is 5.88 Å². The molecule has 0 spiro atoms. The Balaban J connectivity index is 1.59. The van der Waals surface area contributed by atoms with Crippen molar-refractivity contribution in [2.75, 3.05) is 25.5 Å². The van der Waals surface area contributed by atoms with Gasteiger partial charge in [-0.2, -0.15) is 0 Å². The number of ether oxygens (including phenoxy) is 1. The molecule has 3 rings (SSSR count). The third-order valence-corrected chi connectivity index (χ3v) is 4.81. The second kappa shape index (κ2) is 5.64. The number of piperidine rings is 2. The first kappa shape index (κ1) is 14.3. The van der Waals surface area contributed by atoms with Gasteiger partial charge in [0.15, 0.2) is 0 Å². The predicted octanol–water partition coefficient (Wildman–Crippen LogP) is 2.00. The lowest BCUT2D eigenvalue weighted by Crippen LogP contribution is -2.59. The number of carbonyl (C=O) groups excluding carboxylic acids is 1. The van der Waals surface area contributed by atoms with E-state index in [0.29, 0.717) is 23.8 Å².